The lowest BCUT2D eigenvalue weighted by molar-refractivity contribution is 0.0944. The van der Waals surface area contributed by atoms with Crippen molar-refractivity contribution in [2.45, 2.75) is 0 Å². The van der Waals surface area contributed by atoms with Crippen LogP contribution in [0.1, 0.15) is 10.4 Å². The quantitative estimate of drug-likeness (QED) is 0.585. The summed E-state index contributed by atoms with van der Waals surface area (Å²) in [5, 5.41) is 3.26. The van der Waals surface area contributed by atoms with Crippen molar-refractivity contribution >= 4 is 34.6 Å². The molecule has 0 aliphatic carbocycles. The second-order valence-corrected chi connectivity index (χ2v) is 5.61. The van der Waals surface area contributed by atoms with E-state index in [1.165, 1.54) is 0 Å². The third-order valence-electron chi connectivity index (χ3n) is 3.26. The van der Waals surface area contributed by atoms with Crippen LogP contribution < -0.4 is 25.8 Å². The molecule has 0 heterocycles. The monoisotopic (exact) mass is 344 g/mol. The van der Waals surface area contributed by atoms with Gasteiger partial charge in [0.15, 0.2) is 5.11 Å². The molecule has 1 amide bonds. The number of benzene rings is 2. The van der Waals surface area contributed by atoms with Crippen molar-refractivity contribution in [2.75, 3.05) is 31.4 Å². The first-order chi connectivity index (χ1) is 11.5. The van der Waals surface area contributed by atoms with Gasteiger partial charge in [-0.3, -0.25) is 15.6 Å². The van der Waals surface area contributed by atoms with E-state index in [2.05, 4.69) is 16.2 Å². The van der Waals surface area contributed by atoms with Crippen molar-refractivity contribution in [3.05, 3.63) is 54.1 Å². The number of hydrazine groups is 1. The van der Waals surface area contributed by atoms with Gasteiger partial charge in [0.1, 0.15) is 5.75 Å². The minimum absolute atomic E-state index is 0.266. The van der Waals surface area contributed by atoms with Gasteiger partial charge in [-0.2, -0.15) is 0 Å². The first kappa shape index (κ1) is 17.6. The number of methoxy groups -OCH3 is 1. The third-order valence-corrected chi connectivity index (χ3v) is 3.47. The Morgan fingerprint density at radius 1 is 1.08 bits per heavy atom. The van der Waals surface area contributed by atoms with Crippen LogP contribution in [0.25, 0.3) is 0 Å². The van der Waals surface area contributed by atoms with Crippen molar-refractivity contribution < 1.29 is 9.53 Å². The number of ether oxygens (including phenoxy) is 1. The highest BCUT2D eigenvalue weighted by molar-refractivity contribution is 7.80. The summed E-state index contributed by atoms with van der Waals surface area (Å²) in [6.07, 6.45) is 0. The molecule has 2 rings (SSSR count). The molecule has 0 bridgehead atoms. The lowest BCUT2D eigenvalue weighted by Gasteiger charge is -2.14. The third kappa shape index (κ3) is 4.85. The average Bonchev–Trinajstić information content (AvgIpc) is 2.60. The number of carbonyl (C=O) groups is 1. The summed E-state index contributed by atoms with van der Waals surface area (Å²) < 4.78 is 5.09. The van der Waals surface area contributed by atoms with E-state index < -0.39 is 0 Å². The van der Waals surface area contributed by atoms with Crippen LogP contribution in [0.3, 0.4) is 0 Å². The number of hydrogen-bond acceptors (Lipinski definition) is 4. The standard InChI is InChI=1S/C17H20N4O2S/c1-21(2)14-6-4-5-12(11-14)16(22)19-20-17(24)18-13-7-9-15(23-3)10-8-13/h4-11H,1-3H3,(H,19,22)(H2,18,20,24). The zero-order chi connectivity index (χ0) is 17.5. The van der Waals surface area contributed by atoms with Crippen molar-refractivity contribution in [1.29, 1.82) is 0 Å². The Bertz CT molecular complexity index is 717. The van der Waals surface area contributed by atoms with Crippen molar-refractivity contribution in [1.82, 2.24) is 10.9 Å². The van der Waals surface area contributed by atoms with E-state index in [9.17, 15) is 4.79 Å². The van der Waals surface area contributed by atoms with Crippen LogP contribution in [0.15, 0.2) is 48.5 Å². The molecule has 2 aromatic rings. The zero-order valence-corrected chi connectivity index (χ0v) is 14.6. The van der Waals surface area contributed by atoms with Crippen LogP contribution in [0.4, 0.5) is 11.4 Å². The zero-order valence-electron chi connectivity index (χ0n) is 13.8. The number of carbonyl (C=O) groups excluding carboxylic acids is 1. The van der Waals surface area contributed by atoms with Crippen LogP contribution in [-0.2, 0) is 0 Å². The number of thiocarbonyl (C=S) groups is 1. The fourth-order valence-corrected chi connectivity index (χ4v) is 2.12. The fourth-order valence-electron chi connectivity index (χ4n) is 1.95. The summed E-state index contributed by atoms with van der Waals surface area (Å²) in [7, 11) is 5.45. The molecular weight excluding hydrogens is 324 g/mol. The molecule has 0 radical (unpaired) electrons. The molecule has 126 valence electrons. The van der Waals surface area contributed by atoms with E-state index in [4.69, 9.17) is 17.0 Å². The molecule has 24 heavy (non-hydrogen) atoms. The maximum Gasteiger partial charge on any atom is 0.269 e. The summed E-state index contributed by atoms with van der Waals surface area (Å²) in [6, 6.07) is 14.6. The SMILES string of the molecule is COc1ccc(NC(=S)NNC(=O)c2cccc(N(C)C)c2)cc1. The Morgan fingerprint density at radius 3 is 2.42 bits per heavy atom. The molecule has 0 unspecified atom stereocenters. The lowest BCUT2D eigenvalue weighted by atomic mass is 10.2. The number of amides is 1. The van der Waals surface area contributed by atoms with Gasteiger partial charge in [0.25, 0.3) is 5.91 Å². The summed E-state index contributed by atoms with van der Waals surface area (Å²) >= 11 is 5.16. The molecule has 0 aliphatic heterocycles. The second kappa shape index (κ2) is 8.16. The van der Waals surface area contributed by atoms with Gasteiger partial charge in [0.05, 0.1) is 7.11 Å². The smallest absolute Gasteiger partial charge is 0.269 e. The van der Waals surface area contributed by atoms with E-state index >= 15 is 0 Å². The summed E-state index contributed by atoms with van der Waals surface area (Å²) in [4.78, 5) is 14.1. The highest BCUT2D eigenvalue weighted by atomic mass is 32.1. The van der Waals surface area contributed by atoms with E-state index in [1.807, 2.05) is 55.4 Å². The van der Waals surface area contributed by atoms with Crippen molar-refractivity contribution in [3.63, 3.8) is 0 Å². The molecule has 0 saturated heterocycles. The van der Waals surface area contributed by atoms with Gasteiger partial charge in [-0.15, -0.1) is 0 Å². The molecule has 0 saturated carbocycles. The van der Waals surface area contributed by atoms with Crippen LogP contribution in [0.5, 0.6) is 5.75 Å². The van der Waals surface area contributed by atoms with Gasteiger partial charge in [-0.05, 0) is 54.7 Å². The van der Waals surface area contributed by atoms with E-state index in [-0.39, 0.29) is 11.0 Å². The van der Waals surface area contributed by atoms with Gasteiger partial charge in [0, 0.05) is 31.0 Å². The number of nitrogens with one attached hydrogen (secondary N) is 3. The molecule has 0 fully saturated rings. The number of rotatable bonds is 4. The summed E-state index contributed by atoms with van der Waals surface area (Å²) in [5.74, 6) is 0.492. The first-order valence-corrected chi connectivity index (χ1v) is 7.69. The van der Waals surface area contributed by atoms with E-state index in [0.717, 1.165) is 17.1 Å². The molecule has 3 N–H and O–H groups in total. The maximum absolute atomic E-state index is 12.2. The topological polar surface area (TPSA) is 65.6 Å². The number of nitrogens with zero attached hydrogens (tertiary/aromatic N) is 1. The van der Waals surface area contributed by atoms with E-state index in [1.54, 1.807) is 19.2 Å². The maximum atomic E-state index is 12.2. The minimum Gasteiger partial charge on any atom is -0.497 e. The van der Waals surface area contributed by atoms with Gasteiger partial charge in [0.2, 0.25) is 0 Å². The molecular formula is C17H20N4O2S. The number of hydrogen-bond donors (Lipinski definition) is 3. The predicted octanol–water partition coefficient (Wildman–Crippen LogP) is 2.39. The molecule has 0 aromatic heterocycles. The largest absolute Gasteiger partial charge is 0.497 e. The molecule has 0 atom stereocenters. The van der Waals surface area contributed by atoms with Crippen molar-refractivity contribution in [3.8, 4) is 5.75 Å². The Hall–Kier alpha value is -2.80. The van der Waals surface area contributed by atoms with Gasteiger partial charge < -0.3 is 15.0 Å². The summed E-state index contributed by atoms with van der Waals surface area (Å²) in [6.45, 7) is 0. The van der Waals surface area contributed by atoms with Crippen LogP contribution in [0, 0.1) is 0 Å². The molecule has 7 heteroatoms. The Morgan fingerprint density at radius 2 is 1.79 bits per heavy atom. The predicted molar refractivity (Wildman–Crippen MR) is 101 cm³/mol. The molecule has 6 nitrogen and oxygen atoms in total. The van der Waals surface area contributed by atoms with Gasteiger partial charge >= 0.3 is 0 Å². The highest BCUT2D eigenvalue weighted by Crippen LogP contribution is 2.15. The van der Waals surface area contributed by atoms with Crippen LogP contribution in [-0.4, -0.2) is 32.2 Å². The first-order valence-electron chi connectivity index (χ1n) is 7.28. The van der Waals surface area contributed by atoms with Gasteiger partial charge in [-0.25, -0.2) is 0 Å². The normalized spacial score (nSPS) is 9.79. The second-order valence-electron chi connectivity index (χ2n) is 5.21. The van der Waals surface area contributed by atoms with E-state index in [0.29, 0.717) is 5.56 Å². The molecule has 0 aliphatic rings. The summed E-state index contributed by atoms with van der Waals surface area (Å²) in [5.41, 5.74) is 7.53. The van der Waals surface area contributed by atoms with Crippen molar-refractivity contribution in [2.24, 2.45) is 0 Å². The van der Waals surface area contributed by atoms with Gasteiger partial charge in [-0.1, -0.05) is 6.07 Å². The lowest BCUT2D eigenvalue weighted by Crippen LogP contribution is -2.43. The number of anilines is 2. The Labute approximate surface area is 146 Å². The fraction of sp³-hybridized carbons (Fsp3) is 0.176. The van der Waals surface area contributed by atoms with Crippen LogP contribution >= 0.6 is 12.2 Å². The highest BCUT2D eigenvalue weighted by Gasteiger charge is 2.07. The average molecular weight is 344 g/mol. The minimum atomic E-state index is -0.266. The molecule has 2 aromatic carbocycles. The Kier molecular flexibility index (Phi) is 5.97. The molecule has 0 spiro atoms. The Balaban J connectivity index is 1.88. The van der Waals surface area contributed by atoms with Crippen LogP contribution in [0.2, 0.25) is 0 Å².